The first kappa shape index (κ1) is 17.2. The van der Waals surface area contributed by atoms with Crippen molar-refractivity contribution in [1.29, 1.82) is 0 Å². The van der Waals surface area contributed by atoms with Crippen LogP contribution in [0.25, 0.3) is 0 Å². The van der Waals surface area contributed by atoms with Crippen LogP contribution in [-0.4, -0.2) is 42.0 Å². The molecule has 2 saturated heterocycles. The molecule has 1 atom stereocenters. The van der Waals surface area contributed by atoms with Crippen LogP contribution >= 0.6 is 0 Å². The molecule has 4 nitrogen and oxygen atoms in total. The Labute approximate surface area is 155 Å². The maximum atomic E-state index is 12.4. The maximum Gasteiger partial charge on any atom is 0.227 e. The number of carbonyl (C=O) groups excluding carboxylic acids is 1. The monoisotopic (exact) mass is 349 g/mol. The number of pyridine rings is 1. The molecule has 0 bridgehead atoms. The molecule has 0 N–H and O–H groups in total. The van der Waals surface area contributed by atoms with Gasteiger partial charge in [0.15, 0.2) is 0 Å². The molecule has 3 heterocycles. The van der Waals surface area contributed by atoms with E-state index in [1.165, 1.54) is 18.4 Å². The van der Waals surface area contributed by atoms with Crippen molar-refractivity contribution in [2.45, 2.75) is 25.7 Å². The van der Waals surface area contributed by atoms with Gasteiger partial charge in [-0.05, 0) is 68.0 Å². The molecule has 1 aromatic carbocycles. The summed E-state index contributed by atoms with van der Waals surface area (Å²) in [5.74, 6) is 1.49. The lowest BCUT2D eigenvalue weighted by molar-refractivity contribution is -0.117. The minimum Gasteiger partial charge on any atom is -0.312 e. The summed E-state index contributed by atoms with van der Waals surface area (Å²) < 4.78 is 0. The number of hydrogen-bond acceptors (Lipinski definition) is 3. The lowest BCUT2D eigenvalue weighted by Gasteiger charge is -2.33. The van der Waals surface area contributed by atoms with E-state index in [0.717, 1.165) is 44.2 Å². The average Bonchev–Trinajstić information content (AvgIpc) is 3.05. The van der Waals surface area contributed by atoms with Gasteiger partial charge in [-0.2, -0.15) is 0 Å². The van der Waals surface area contributed by atoms with Gasteiger partial charge in [0.2, 0.25) is 5.91 Å². The number of para-hydroxylation sites is 1. The van der Waals surface area contributed by atoms with Crippen molar-refractivity contribution in [3.63, 3.8) is 0 Å². The van der Waals surface area contributed by atoms with E-state index in [0.29, 0.717) is 12.3 Å². The van der Waals surface area contributed by atoms with Crippen molar-refractivity contribution >= 4 is 11.6 Å². The number of benzene rings is 1. The number of rotatable bonds is 5. The van der Waals surface area contributed by atoms with Crippen molar-refractivity contribution in [2.24, 2.45) is 11.8 Å². The minimum atomic E-state index is 0.271. The molecular weight excluding hydrogens is 322 g/mol. The normalized spacial score (nSPS) is 22.1. The van der Waals surface area contributed by atoms with E-state index >= 15 is 0 Å². The zero-order chi connectivity index (χ0) is 17.8. The molecule has 2 fully saturated rings. The number of amides is 1. The summed E-state index contributed by atoms with van der Waals surface area (Å²) in [5, 5.41) is 0. The fourth-order valence-corrected chi connectivity index (χ4v) is 4.35. The van der Waals surface area contributed by atoms with Crippen molar-refractivity contribution in [1.82, 2.24) is 9.88 Å². The van der Waals surface area contributed by atoms with E-state index in [4.69, 9.17) is 0 Å². The number of hydrogen-bond donors (Lipinski definition) is 0. The van der Waals surface area contributed by atoms with Crippen molar-refractivity contribution in [3.05, 3.63) is 60.4 Å². The first-order chi connectivity index (χ1) is 12.8. The molecule has 1 unspecified atom stereocenters. The van der Waals surface area contributed by atoms with Crippen molar-refractivity contribution < 1.29 is 4.79 Å². The van der Waals surface area contributed by atoms with Crippen LogP contribution in [0.3, 0.4) is 0 Å². The predicted molar refractivity (Wildman–Crippen MR) is 104 cm³/mol. The van der Waals surface area contributed by atoms with Gasteiger partial charge in [0.05, 0.1) is 0 Å². The van der Waals surface area contributed by atoms with Crippen LogP contribution in [0.1, 0.15) is 24.8 Å². The first-order valence-corrected chi connectivity index (χ1v) is 9.74. The highest BCUT2D eigenvalue weighted by Crippen LogP contribution is 2.27. The van der Waals surface area contributed by atoms with E-state index in [-0.39, 0.29) is 5.91 Å². The lowest BCUT2D eigenvalue weighted by Crippen LogP contribution is -2.38. The highest BCUT2D eigenvalue weighted by molar-refractivity contribution is 5.95. The van der Waals surface area contributed by atoms with Crippen LogP contribution in [0.5, 0.6) is 0 Å². The molecule has 4 heteroatoms. The third kappa shape index (κ3) is 4.13. The second kappa shape index (κ2) is 8.00. The highest BCUT2D eigenvalue weighted by atomic mass is 16.2. The third-order valence-corrected chi connectivity index (χ3v) is 5.74. The standard InChI is InChI=1S/C22H27N3O/c26-22-14-20(17-25(22)21-6-2-1-3-7-21)16-24-11-8-18(9-12-24)13-19-5-4-10-23-15-19/h1-7,10,15,18,20H,8-9,11-14,16-17H2. The van der Waals surface area contributed by atoms with Crippen molar-refractivity contribution in [2.75, 3.05) is 31.1 Å². The van der Waals surface area contributed by atoms with E-state index < -0.39 is 0 Å². The fourth-order valence-electron chi connectivity index (χ4n) is 4.35. The van der Waals surface area contributed by atoms with E-state index in [1.54, 1.807) is 0 Å². The Morgan fingerprint density at radius 2 is 1.81 bits per heavy atom. The van der Waals surface area contributed by atoms with Crippen LogP contribution < -0.4 is 4.90 Å². The van der Waals surface area contributed by atoms with Crippen LogP contribution in [0.2, 0.25) is 0 Å². The molecule has 2 aliphatic rings. The largest absolute Gasteiger partial charge is 0.312 e. The Hall–Kier alpha value is -2.20. The Morgan fingerprint density at radius 1 is 1.00 bits per heavy atom. The Balaban J connectivity index is 1.25. The van der Waals surface area contributed by atoms with Crippen LogP contribution in [0.4, 0.5) is 5.69 Å². The molecule has 1 aromatic heterocycles. The van der Waals surface area contributed by atoms with Crippen molar-refractivity contribution in [3.8, 4) is 0 Å². The van der Waals surface area contributed by atoms with Crippen LogP contribution in [0.15, 0.2) is 54.9 Å². The smallest absolute Gasteiger partial charge is 0.227 e. The quantitative estimate of drug-likeness (QED) is 0.830. The molecule has 0 aliphatic carbocycles. The molecule has 26 heavy (non-hydrogen) atoms. The SMILES string of the molecule is O=C1CC(CN2CCC(Cc3cccnc3)CC2)CN1c1ccccc1. The molecule has 2 aromatic rings. The summed E-state index contributed by atoms with van der Waals surface area (Å²) >= 11 is 0. The number of nitrogens with zero attached hydrogens (tertiary/aromatic N) is 3. The Morgan fingerprint density at radius 3 is 2.54 bits per heavy atom. The Bertz CT molecular complexity index is 711. The molecule has 136 valence electrons. The first-order valence-electron chi connectivity index (χ1n) is 9.74. The molecule has 0 radical (unpaired) electrons. The van der Waals surface area contributed by atoms with Gasteiger partial charge in [0.25, 0.3) is 0 Å². The van der Waals surface area contributed by atoms with Crippen LogP contribution in [-0.2, 0) is 11.2 Å². The van der Waals surface area contributed by atoms with Gasteiger partial charge in [-0.25, -0.2) is 0 Å². The van der Waals surface area contributed by atoms with E-state index in [1.807, 2.05) is 53.7 Å². The maximum absolute atomic E-state index is 12.4. The topological polar surface area (TPSA) is 36.4 Å². The fraction of sp³-hybridized carbons (Fsp3) is 0.455. The van der Waals surface area contributed by atoms with Gasteiger partial charge in [-0.3, -0.25) is 9.78 Å². The minimum absolute atomic E-state index is 0.271. The molecule has 0 saturated carbocycles. The number of likely N-dealkylation sites (tertiary alicyclic amines) is 1. The number of piperidine rings is 1. The van der Waals surface area contributed by atoms with Gasteiger partial charge in [-0.15, -0.1) is 0 Å². The van der Waals surface area contributed by atoms with Gasteiger partial charge in [-0.1, -0.05) is 24.3 Å². The Kier molecular flexibility index (Phi) is 5.30. The van der Waals surface area contributed by atoms with Gasteiger partial charge in [0.1, 0.15) is 0 Å². The summed E-state index contributed by atoms with van der Waals surface area (Å²) in [6, 6.07) is 14.3. The van der Waals surface area contributed by atoms with E-state index in [9.17, 15) is 4.79 Å². The zero-order valence-corrected chi connectivity index (χ0v) is 15.3. The van der Waals surface area contributed by atoms with E-state index in [2.05, 4.69) is 16.0 Å². The number of anilines is 1. The highest BCUT2D eigenvalue weighted by Gasteiger charge is 2.32. The second-order valence-electron chi connectivity index (χ2n) is 7.72. The summed E-state index contributed by atoms with van der Waals surface area (Å²) in [6.07, 6.45) is 8.16. The number of carbonyl (C=O) groups is 1. The average molecular weight is 349 g/mol. The lowest BCUT2D eigenvalue weighted by atomic mass is 9.90. The summed E-state index contributed by atoms with van der Waals surface area (Å²) in [5.41, 5.74) is 2.39. The third-order valence-electron chi connectivity index (χ3n) is 5.74. The molecule has 4 rings (SSSR count). The molecule has 1 amide bonds. The zero-order valence-electron chi connectivity index (χ0n) is 15.3. The molecular formula is C22H27N3O. The van der Waals surface area contributed by atoms with Gasteiger partial charge in [0, 0.05) is 37.6 Å². The molecule has 0 spiro atoms. The summed E-state index contributed by atoms with van der Waals surface area (Å²) in [4.78, 5) is 21.1. The summed E-state index contributed by atoms with van der Waals surface area (Å²) in [6.45, 7) is 4.22. The van der Waals surface area contributed by atoms with Gasteiger partial charge >= 0.3 is 0 Å². The number of aromatic nitrogens is 1. The summed E-state index contributed by atoms with van der Waals surface area (Å²) in [7, 11) is 0. The molecule has 2 aliphatic heterocycles. The van der Waals surface area contributed by atoms with Crippen LogP contribution in [0, 0.1) is 11.8 Å². The second-order valence-corrected chi connectivity index (χ2v) is 7.72. The predicted octanol–water partition coefficient (Wildman–Crippen LogP) is 3.39. The van der Waals surface area contributed by atoms with Gasteiger partial charge < -0.3 is 9.80 Å².